The second-order valence-corrected chi connectivity index (χ2v) is 5.06. The van der Waals surface area contributed by atoms with Gasteiger partial charge >= 0.3 is 5.97 Å². The quantitative estimate of drug-likeness (QED) is 0.550. The molecule has 0 spiro atoms. The summed E-state index contributed by atoms with van der Waals surface area (Å²) >= 11 is 0. The first-order valence-corrected chi connectivity index (χ1v) is 5.80. The van der Waals surface area contributed by atoms with Gasteiger partial charge in [-0.1, -0.05) is 12.2 Å². The van der Waals surface area contributed by atoms with Gasteiger partial charge in [-0.2, -0.15) is 0 Å². The number of nitrogens with zero attached hydrogens (tertiary/aromatic N) is 1. The van der Waals surface area contributed by atoms with Gasteiger partial charge in [0.25, 0.3) is 0 Å². The molecule has 2 amide bonds. The number of carbonyl (C=O) groups excluding carboxylic acids is 2. The summed E-state index contributed by atoms with van der Waals surface area (Å²) in [6.07, 6.45) is 4.85. The van der Waals surface area contributed by atoms with Crippen molar-refractivity contribution in [2.75, 3.05) is 0 Å². The average Bonchev–Trinajstić information content (AvgIpc) is 2.92. The molecule has 1 N–H and O–H groups in total. The first kappa shape index (κ1) is 10.5. The fraction of sp³-hybridized carbons (Fsp3) is 0.583. The lowest BCUT2D eigenvalue weighted by atomic mass is 9.85. The maximum atomic E-state index is 12.1. The predicted molar refractivity (Wildman–Crippen MR) is 56.7 cm³/mol. The highest BCUT2D eigenvalue weighted by atomic mass is 16.4. The third kappa shape index (κ3) is 1.16. The number of fused-ring (bicyclic) bond motifs is 5. The first-order chi connectivity index (χ1) is 8.02. The minimum atomic E-state index is -1.13. The zero-order chi connectivity index (χ0) is 12.3. The van der Waals surface area contributed by atoms with Crippen LogP contribution in [0.5, 0.6) is 0 Å². The molecule has 3 unspecified atom stereocenters. The Morgan fingerprint density at radius 1 is 1.29 bits per heavy atom. The number of imide groups is 1. The summed E-state index contributed by atoms with van der Waals surface area (Å²) in [4.78, 5) is 36.1. The maximum Gasteiger partial charge on any atom is 0.326 e. The highest BCUT2D eigenvalue weighted by Crippen LogP contribution is 2.52. The van der Waals surface area contributed by atoms with E-state index in [1.807, 2.05) is 12.2 Å². The molecule has 3 rings (SSSR count). The lowest BCUT2D eigenvalue weighted by molar-refractivity contribution is -0.154. The van der Waals surface area contributed by atoms with E-state index in [4.69, 9.17) is 5.11 Å². The SMILES string of the molecule is CC(C(=O)O)N1C(=O)C2C(C1=O)[C@H]1C=C[C@@H]2C1. The van der Waals surface area contributed by atoms with Crippen LogP contribution < -0.4 is 0 Å². The molecule has 17 heavy (non-hydrogen) atoms. The molecule has 2 aliphatic carbocycles. The number of rotatable bonds is 2. The third-order valence-corrected chi connectivity index (χ3v) is 4.25. The van der Waals surface area contributed by atoms with Gasteiger partial charge in [-0.3, -0.25) is 14.5 Å². The molecular weight excluding hydrogens is 222 g/mol. The molecule has 5 heteroatoms. The summed E-state index contributed by atoms with van der Waals surface area (Å²) in [5.41, 5.74) is 0. The van der Waals surface area contributed by atoms with Crippen molar-refractivity contribution in [1.29, 1.82) is 0 Å². The van der Waals surface area contributed by atoms with Crippen molar-refractivity contribution in [3.05, 3.63) is 12.2 Å². The predicted octanol–water partition coefficient (Wildman–Crippen LogP) is 0.267. The minimum Gasteiger partial charge on any atom is -0.480 e. The second-order valence-electron chi connectivity index (χ2n) is 5.06. The van der Waals surface area contributed by atoms with E-state index in [1.165, 1.54) is 6.92 Å². The molecule has 5 atom stereocenters. The number of hydrogen-bond donors (Lipinski definition) is 1. The van der Waals surface area contributed by atoms with Gasteiger partial charge in [0.15, 0.2) is 0 Å². The lowest BCUT2D eigenvalue weighted by Crippen LogP contribution is -2.44. The normalized spacial score (nSPS) is 39.9. The van der Waals surface area contributed by atoms with Crippen LogP contribution >= 0.6 is 0 Å². The van der Waals surface area contributed by atoms with Crippen molar-refractivity contribution < 1.29 is 19.5 Å². The van der Waals surface area contributed by atoms with Gasteiger partial charge in [0.05, 0.1) is 11.8 Å². The van der Waals surface area contributed by atoms with E-state index in [1.54, 1.807) is 0 Å². The zero-order valence-corrected chi connectivity index (χ0v) is 9.37. The van der Waals surface area contributed by atoms with Crippen LogP contribution in [0, 0.1) is 23.7 Å². The Bertz CT molecular complexity index is 425. The molecule has 0 aromatic carbocycles. The number of carboxylic acid groups (broad SMARTS) is 1. The molecular formula is C12H13NO4. The van der Waals surface area contributed by atoms with Gasteiger partial charge in [0.2, 0.25) is 11.8 Å². The highest BCUT2D eigenvalue weighted by molar-refractivity contribution is 6.08. The van der Waals surface area contributed by atoms with E-state index in [0.717, 1.165) is 11.3 Å². The second kappa shape index (κ2) is 3.18. The average molecular weight is 235 g/mol. The van der Waals surface area contributed by atoms with Crippen molar-refractivity contribution in [2.45, 2.75) is 19.4 Å². The van der Waals surface area contributed by atoms with E-state index in [-0.39, 0.29) is 35.5 Å². The van der Waals surface area contributed by atoms with Crippen molar-refractivity contribution >= 4 is 17.8 Å². The summed E-state index contributed by atoms with van der Waals surface area (Å²) < 4.78 is 0. The minimum absolute atomic E-state index is 0.132. The molecule has 3 aliphatic rings. The molecule has 2 bridgehead atoms. The lowest BCUT2D eigenvalue weighted by Gasteiger charge is -2.20. The van der Waals surface area contributed by atoms with E-state index in [9.17, 15) is 14.4 Å². The molecule has 1 saturated heterocycles. The fourth-order valence-electron chi connectivity index (χ4n) is 3.42. The smallest absolute Gasteiger partial charge is 0.326 e. The van der Waals surface area contributed by atoms with E-state index >= 15 is 0 Å². The van der Waals surface area contributed by atoms with Gasteiger partial charge in [0.1, 0.15) is 6.04 Å². The van der Waals surface area contributed by atoms with Crippen LogP contribution in [0.25, 0.3) is 0 Å². The Balaban J connectivity index is 1.95. The molecule has 1 heterocycles. The fourth-order valence-corrected chi connectivity index (χ4v) is 3.42. The Hall–Kier alpha value is -1.65. The van der Waals surface area contributed by atoms with Crippen molar-refractivity contribution in [1.82, 2.24) is 4.90 Å². The van der Waals surface area contributed by atoms with Crippen LogP contribution in [0.2, 0.25) is 0 Å². The third-order valence-electron chi connectivity index (χ3n) is 4.25. The van der Waals surface area contributed by atoms with Crippen LogP contribution in [0.4, 0.5) is 0 Å². The van der Waals surface area contributed by atoms with E-state index < -0.39 is 12.0 Å². The summed E-state index contributed by atoms with van der Waals surface area (Å²) in [5, 5.41) is 8.93. The number of aliphatic carboxylic acids is 1. The molecule has 90 valence electrons. The van der Waals surface area contributed by atoms with Gasteiger partial charge in [-0.15, -0.1) is 0 Å². The number of amides is 2. The molecule has 1 aliphatic heterocycles. The van der Waals surface area contributed by atoms with Crippen molar-refractivity contribution in [3.8, 4) is 0 Å². The Kier molecular flexibility index (Phi) is 1.97. The number of carboxylic acids is 1. The standard InChI is InChI=1S/C12H13NO4/c1-5(12(16)17)13-10(14)8-6-2-3-7(4-6)9(8)11(13)15/h2-3,5-9H,4H2,1H3,(H,16,17)/t5?,6-,7+,8?,9?. The van der Waals surface area contributed by atoms with E-state index in [2.05, 4.69) is 0 Å². The Labute approximate surface area is 98.1 Å². The summed E-state index contributed by atoms with van der Waals surface area (Å²) in [7, 11) is 0. The highest BCUT2D eigenvalue weighted by Gasteiger charge is 2.60. The number of hydrogen-bond acceptors (Lipinski definition) is 3. The number of likely N-dealkylation sites (tertiary alicyclic amines) is 1. The van der Waals surface area contributed by atoms with Gasteiger partial charge in [-0.25, -0.2) is 4.79 Å². The van der Waals surface area contributed by atoms with Crippen LogP contribution in [0.1, 0.15) is 13.3 Å². The number of allylic oxidation sites excluding steroid dienone is 2. The van der Waals surface area contributed by atoms with Gasteiger partial charge < -0.3 is 5.11 Å². The molecule has 0 radical (unpaired) electrons. The molecule has 2 fully saturated rings. The van der Waals surface area contributed by atoms with Gasteiger partial charge in [0, 0.05) is 0 Å². The summed E-state index contributed by atoms with van der Waals surface area (Å²) in [6, 6.07) is -1.06. The van der Waals surface area contributed by atoms with Crippen molar-refractivity contribution in [3.63, 3.8) is 0 Å². The molecule has 0 aromatic heterocycles. The van der Waals surface area contributed by atoms with Gasteiger partial charge in [-0.05, 0) is 25.2 Å². The van der Waals surface area contributed by atoms with Crippen LogP contribution in [0.3, 0.4) is 0 Å². The molecule has 0 aromatic rings. The first-order valence-electron chi connectivity index (χ1n) is 5.80. The summed E-state index contributed by atoms with van der Waals surface area (Å²) in [6.45, 7) is 1.38. The Morgan fingerprint density at radius 3 is 2.18 bits per heavy atom. The van der Waals surface area contributed by atoms with Crippen molar-refractivity contribution in [2.24, 2.45) is 23.7 Å². The van der Waals surface area contributed by atoms with Crippen LogP contribution in [0.15, 0.2) is 12.2 Å². The summed E-state index contributed by atoms with van der Waals surface area (Å²) in [5.74, 6) is -2.08. The molecule has 5 nitrogen and oxygen atoms in total. The molecule has 1 saturated carbocycles. The zero-order valence-electron chi connectivity index (χ0n) is 9.37. The Morgan fingerprint density at radius 2 is 1.76 bits per heavy atom. The van der Waals surface area contributed by atoms with E-state index in [0.29, 0.717) is 0 Å². The largest absolute Gasteiger partial charge is 0.480 e. The topological polar surface area (TPSA) is 74.7 Å². The monoisotopic (exact) mass is 235 g/mol. The van der Waals surface area contributed by atoms with Crippen LogP contribution in [-0.2, 0) is 14.4 Å². The maximum absolute atomic E-state index is 12.1. The van der Waals surface area contributed by atoms with Crippen LogP contribution in [-0.4, -0.2) is 33.8 Å². The number of carbonyl (C=O) groups is 3.